The molecule has 1 fully saturated rings. The molecule has 1 aromatic carbocycles. The van der Waals surface area contributed by atoms with E-state index >= 15 is 0 Å². The first-order valence-electron chi connectivity index (χ1n) is 7.28. The van der Waals surface area contributed by atoms with Gasteiger partial charge in [0.15, 0.2) is 0 Å². The second-order valence-electron chi connectivity index (χ2n) is 5.47. The number of hydrogen-bond donors (Lipinski definition) is 1. The van der Waals surface area contributed by atoms with Gasteiger partial charge in [-0.25, -0.2) is 8.42 Å². The first-order chi connectivity index (χ1) is 11.3. The van der Waals surface area contributed by atoms with Crippen LogP contribution in [0.15, 0.2) is 29.2 Å². The number of rotatable bonds is 5. The molecule has 0 saturated heterocycles. The Morgan fingerprint density at radius 3 is 2.38 bits per heavy atom. The van der Waals surface area contributed by atoms with E-state index in [9.17, 15) is 26.8 Å². The van der Waals surface area contributed by atoms with E-state index in [2.05, 4.69) is 5.32 Å². The maximum absolute atomic E-state index is 12.5. The number of halogens is 2. The standard InChI is InChI=1S/C15H17F2NO5S/c1-23-14(20)11-3-2-4-12(11)18-13(19)9-5-7-10(8-6-9)24(21,22)15(16)17/h5-8,11-12,15H,2-4H2,1H3,(H,18,19)/t11-,12-/m0/s1. The maximum Gasteiger partial charge on any atom is 0.341 e. The second-order valence-corrected chi connectivity index (χ2v) is 7.39. The van der Waals surface area contributed by atoms with Crippen molar-refractivity contribution in [2.75, 3.05) is 7.11 Å². The zero-order valence-corrected chi connectivity index (χ0v) is 13.7. The highest BCUT2D eigenvalue weighted by atomic mass is 32.2. The zero-order chi connectivity index (χ0) is 17.9. The Morgan fingerprint density at radius 1 is 1.21 bits per heavy atom. The summed E-state index contributed by atoms with van der Waals surface area (Å²) in [5.74, 6) is -4.83. The Bertz CT molecular complexity index is 718. The third kappa shape index (κ3) is 3.72. The molecule has 0 aromatic heterocycles. The molecule has 1 aromatic rings. The van der Waals surface area contributed by atoms with Crippen LogP contribution in [0, 0.1) is 5.92 Å². The van der Waals surface area contributed by atoms with Gasteiger partial charge in [-0.1, -0.05) is 6.42 Å². The number of carbonyl (C=O) groups is 2. The van der Waals surface area contributed by atoms with Crippen LogP contribution in [-0.2, 0) is 19.4 Å². The van der Waals surface area contributed by atoms with E-state index < -0.39 is 38.3 Å². The van der Waals surface area contributed by atoms with Gasteiger partial charge in [0.1, 0.15) is 0 Å². The van der Waals surface area contributed by atoms with Gasteiger partial charge in [-0.2, -0.15) is 8.78 Å². The van der Waals surface area contributed by atoms with Crippen LogP contribution in [0.3, 0.4) is 0 Å². The lowest BCUT2D eigenvalue weighted by Gasteiger charge is -2.19. The topological polar surface area (TPSA) is 89.5 Å². The molecule has 0 bridgehead atoms. The molecule has 1 N–H and O–H groups in total. The van der Waals surface area contributed by atoms with Crippen molar-refractivity contribution in [1.29, 1.82) is 0 Å². The van der Waals surface area contributed by atoms with Crippen LogP contribution in [-0.4, -0.2) is 39.2 Å². The third-order valence-electron chi connectivity index (χ3n) is 4.02. The summed E-state index contributed by atoms with van der Waals surface area (Å²) in [6.45, 7) is 0. The summed E-state index contributed by atoms with van der Waals surface area (Å²) < 4.78 is 52.3. The lowest BCUT2D eigenvalue weighted by molar-refractivity contribution is -0.145. The minimum atomic E-state index is -4.69. The van der Waals surface area contributed by atoms with E-state index in [1.807, 2.05) is 0 Å². The molecule has 24 heavy (non-hydrogen) atoms. The summed E-state index contributed by atoms with van der Waals surface area (Å²) in [7, 11) is -3.41. The molecule has 0 radical (unpaired) electrons. The van der Waals surface area contributed by atoms with E-state index in [0.29, 0.717) is 12.8 Å². The number of carbonyl (C=O) groups excluding carboxylic acids is 2. The summed E-state index contributed by atoms with van der Waals surface area (Å²) in [4.78, 5) is 23.3. The number of hydrogen-bond acceptors (Lipinski definition) is 5. The summed E-state index contributed by atoms with van der Waals surface area (Å²) in [6, 6.07) is 3.87. The number of esters is 1. The summed E-state index contributed by atoms with van der Waals surface area (Å²) in [5, 5.41) is 2.70. The van der Waals surface area contributed by atoms with Crippen LogP contribution in [0.1, 0.15) is 29.6 Å². The van der Waals surface area contributed by atoms with Crippen molar-refractivity contribution >= 4 is 21.7 Å². The smallest absolute Gasteiger partial charge is 0.341 e. The van der Waals surface area contributed by atoms with Crippen LogP contribution in [0.2, 0.25) is 0 Å². The predicted molar refractivity (Wildman–Crippen MR) is 80.2 cm³/mol. The first-order valence-corrected chi connectivity index (χ1v) is 8.83. The van der Waals surface area contributed by atoms with Crippen LogP contribution in [0.4, 0.5) is 8.78 Å². The molecule has 0 unspecified atom stereocenters. The molecule has 2 atom stereocenters. The number of methoxy groups -OCH3 is 1. The summed E-state index contributed by atoms with van der Waals surface area (Å²) in [6.07, 6.45) is 2.02. The Morgan fingerprint density at radius 2 is 1.83 bits per heavy atom. The van der Waals surface area contributed by atoms with Crippen LogP contribution < -0.4 is 5.32 Å². The highest BCUT2D eigenvalue weighted by Gasteiger charge is 2.35. The molecule has 132 valence electrons. The average molecular weight is 361 g/mol. The van der Waals surface area contributed by atoms with E-state index in [4.69, 9.17) is 4.74 Å². The Balaban J connectivity index is 2.09. The number of alkyl halides is 2. The van der Waals surface area contributed by atoms with Crippen molar-refractivity contribution < 1.29 is 31.5 Å². The lowest BCUT2D eigenvalue weighted by atomic mass is 10.0. The minimum Gasteiger partial charge on any atom is -0.469 e. The van der Waals surface area contributed by atoms with Gasteiger partial charge in [-0.05, 0) is 37.1 Å². The summed E-state index contributed by atoms with van der Waals surface area (Å²) in [5.41, 5.74) is 0.124. The highest BCUT2D eigenvalue weighted by molar-refractivity contribution is 7.91. The average Bonchev–Trinajstić information content (AvgIpc) is 3.02. The van der Waals surface area contributed by atoms with Gasteiger partial charge in [0.25, 0.3) is 5.91 Å². The number of sulfone groups is 1. The van der Waals surface area contributed by atoms with Gasteiger partial charge in [-0.3, -0.25) is 9.59 Å². The van der Waals surface area contributed by atoms with Crippen molar-refractivity contribution in [3.8, 4) is 0 Å². The first kappa shape index (κ1) is 18.3. The summed E-state index contributed by atoms with van der Waals surface area (Å²) >= 11 is 0. The largest absolute Gasteiger partial charge is 0.469 e. The van der Waals surface area contributed by atoms with Gasteiger partial charge in [-0.15, -0.1) is 0 Å². The molecule has 0 aliphatic heterocycles. The molecule has 0 spiro atoms. The molecule has 1 amide bonds. The quantitative estimate of drug-likeness (QED) is 0.807. The number of benzene rings is 1. The fourth-order valence-corrected chi connectivity index (χ4v) is 3.44. The van der Waals surface area contributed by atoms with E-state index in [0.717, 1.165) is 30.7 Å². The second kappa shape index (κ2) is 7.25. The molecular formula is C15H17F2NO5S. The van der Waals surface area contributed by atoms with Gasteiger partial charge in [0.05, 0.1) is 17.9 Å². The highest BCUT2D eigenvalue weighted by Crippen LogP contribution is 2.27. The van der Waals surface area contributed by atoms with Crippen molar-refractivity contribution in [3.05, 3.63) is 29.8 Å². The van der Waals surface area contributed by atoms with Gasteiger partial charge < -0.3 is 10.1 Å². The van der Waals surface area contributed by atoms with E-state index in [1.165, 1.54) is 7.11 Å². The van der Waals surface area contributed by atoms with Crippen LogP contribution in [0.25, 0.3) is 0 Å². The number of nitrogens with one attached hydrogen (secondary N) is 1. The molecule has 1 aliphatic rings. The minimum absolute atomic E-state index is 0.124. The third-order valence-corrected chi connectivity index (χ3v) is 5.41. The Hall–Kier alpha value is -2.03. The van der Waals surface area contributed by atoms with Gasteiger partial charge >= 0.3 is 11.7 Å². The maximum atomic E-state index is 12.5. The van der Waals surface area contributed by atoms with Gasteiger partial charge in [0, 0.05) is 11.6 Å². The van der Waals surface area contributed by atoms with Crippen molar-refractivity contribution in [2.45, 2.75) is 36.0 Å². The van der Waals surface area contributed by atoms with Crippen molar-refractivity contribution in [2.24, 2.45) is 5.92 Å². The normalized spacial score (nSPS) is 20.8. The molecule has 2 rings (SSSR count). The molecule has 0 heterocycles. The van der Waals surface area contributed by atoms with E-state index in [-0.39, 0.29) is 11.6 Å². The van der Waals surface area contributed by atoms with Crippen LogP contribution in [0.5, 0.6) is 0 Å². The number of amides is 1. The molecular weight excluding hydrogens is 344 g/mol. The van der Waals surface area contributed by atoms with Crippen molar-refractivity contribution in [3.63, 3.8) is 0 Å². The fraction of sp³-hybridized carbons (Fsp3) is 0.467. The van der Waals surface area contributed by atoms with Crippen molar-refractivity contribution in [1.82, 2.24) is 5.32 Å². The lowest BCUT2D eigenvalue weighted by Crippen LogP contribution is -2.40. The molecule has 6 nitrogen and oxygen atoms in total. The Labute approximate surface area is 138 Å². The van der Waals surface area contributed by atoms with E-state index in [1.54, 1.807) is 0 Å². The molecule has 1 saturated carbocycles. The van der Waals surface area contributed by atoms with Gasteiger partial charge in [0.2, 0.25) is 9.84 Å². The monoisotopic (exact) mass is 361 g/mol. The fourth-order valence-electron chi connectivity index (χ4n) is 2.72. The Kier molecular flexibility index (Phi) is 5.53. The number of ether oxygens (including phenoxy) is 1. The SMILES string of the molecule is COC(=O)[C@H]1CCC[C@@H]1NC(=O)c1ccc(S(=O)(=O)C(F)F)cc1. The zero-order valence-electron chi connectivity index (χ0n) is 12.9. The van der Waals surface area contributed by atoms with Crippen LogP contribution >= 0.6 is 0 Å². The molecule has 9 heteroatoms. The predicted octanol–water partition coefficient (Wildman–Crippen LogP) is 1.75. The molecule has 1 aliphatic carbocycles.